The van der Waals surface area contributed by atoms with Crippen LogP contribution in [0.1, 0.15) is 50.4 Å². The highest BCUT2D eigenvalue weighted by Gasteiger charge is 2.46. The number of ketones is 1. The van der Waals surface area contributed by atoms with Gasteiger partial charge in [0.05, 0.1) is 11.6 Å². The zero-order valence-corrected chi connectivity index (χ0v) is 19.1. The number of hydrogen-bond acceptors (Lipinski definition) is 4. The van der Waals surface area contributed by atoms with Crippen molar-refractivity contribution < 1.29 is 14.7 Å². The maximum absolute atomic E-state index is 13.0. The van der Waals surface area contributed by atoms with Gasteiger partial charge in [-0.25, -0.2) is 0 Å². The summed E-state index contributed by atoms with van der Waals surface area (Å²) in [4.78, 5) is 29.8. The van der Waals surface area contributed by atoms with Crippen molar-refractivity contribution in [3.63, 3.8) is 0 Å². The van der Waals surface area contributed by atoms with Crippen LogP contribution in [0, 0.1) is 12.8 Å². The molecule has 1 amide bonds. The zero-order chi connectivity index (χ0) is 22.7. The number of aryl methyl sites for hydroxylation is 1. The molecule has 0 bridgehead atoms. The number of hydrogen-bond donors (Lipinski definition) is 1. The van der Waals surface area contributed by atoms with Crippen molar-refractivity contribution in [3.05, 3.63) is 70.8 Å². The lowest BCUT2D eigenvalue weighted by atomic mass is 9.94. The lowest BCUT2D eigenvalue weighted by Crippen LogP contribution is -2.33. The number of nitrogens with zero attached hydrogens (tertiary/aromatic N) is 2. The molecular formula is C26H32N2O3. The van der Waals surface area contributed by atoms with E-state index in [2.05, 4.69) is 18.7 Å². The molecule has 0 spiro atoms. The molecule has 1 atom stereocenters. The molecule has 1 N–H and O–H groups in total. The van der Waals surface area contributed by atoms with Gasteiger partial charge in [-0.05, 0) is 44.4 Å². The Morgan fingerprint density at radius 2 is 1.58 bits per heavy atom. The molecule has 1 fully saturated rings. The van der Waals surface area contributed by atoms with Crippen LogP contribution >= 0.6 is 0 Å². The summed E-state index contributed by atoms with van der Waals surface area (Å²) in [6.07, 6.45) is 0. The molecule has 0 aliphatic carbocycles. The van der Waals surface area contributed by atoms with Gasteiger partial charge in [-0.2, -0.15) is 0 Å². The Kier molecular flexibility index (Phi) is 6.84. The SMILES string of the molecule is CCN(CC)c1ccc(C2/C(=C(\O)c3ccc(C)cc3)C(=O)C(=O)N2CC(C)C)cc1. The van der Waals surface area contributed by atoms with E-state index in [9.17, 15) is 14.7 Å². The Morgan fingerprint density at radius 1 is 1.00 bits per heavy atom. The number of Topliss-reactive ketones (excluding diaryl/α,β-unsaturated/α-hetero) is 1. The van der Waals surface area contributed by atoms with Crippen LogP contribution in [-0.4, -0.2) is 41.3 Å². The standard InChI is InChI=1S/C26H32N2O3/c1-6-27(7-2)21-14-12-19(13-15-21)23-22(24(29)20-10-8-18(5)9-11-20)25(30)26(31)28(23)16-17(3)4/h8-15,17,23,29H,6-7,16H2,1-5H3/b24-22+. The Morgan fingerprint density at radius 3 is 2.10 bits per heavy atom. The summed E-state index contributed by atoms with van der Waals surface area (Å²) < 4.78 is 0. The van der Waals surface area contributed by atoms with E-state index in [1.54, 1.807) is 17.0 Å². The van der Waals surface area contributed by atoms with E-state index in [0.29, 0.717) is 12.1 Å². The summed E-state index contributed by atoms with van der Waals surface area (Å²) in [5.41, 5.74) is 3.67. The second kappa shape index (κ2) is 9.38. The van der Waals surface area contributed by atoms with Crippen LogP contribution in [0.25, 0.3) is 5.76 Å². The molecule has 1 aliphatic heterocycles. The van der Waals surface area contributed by atoms with Crippen molar-refractivity contribution in [1.82, 2.24) is 4.90 Å². The van der Waals surface area contributed by atoms with Gasteiger partial charge in [0.15, 0.2) is 0 Å². The third-order valence-corrected chi connectivity index (χ3v) is 5.76. The monoisotopic (exact) mass is 420 g/mol. The minimum atomic E-state index is -0.628. The summed E-state index contributed by atoms with van der Waals surface area (Å²) in [5.74, 6) is -1.12. The predicted octanol–water partition coefficient (Wildman–Crippen LogP) is 4.92. The van der Waals surface area contributed by atoms with E-state index in [1.165, 1.54) is 0 Å². The van der Waals surface area contributed by atoms with Crippen LogP contribution in [0.5, 0.6) is 0 Å². The molecule has 1 aliphatic rings. The van der Waals surface area contributed by atoms with Crippen molar-refractivity contribution in [3.8, 4) is 0 Å². The first-order chi connectivity index (χ1) is 14.8. The van der Waals surface area contributed by atoms with E-state index in [1.807, 2.05) is 57.2 Å². The summed E-state index contributed by atoms with van der Waals surface area (Å²) >= 11 is 0. The fourth-order valence-electron chi connectivity index (χ4n) is 4.13. The first-order valence-corrected chi connectivity index (χ1v) is 11.0. The quantitative estimate of drug-likeness (QED) is 0.392. The highest BCUT2D eigenvalue weighted by molar-refractivity contribution is 6.46. The van der Waals surface area contributed by atoms with Gasteiger partial charge >= 0.3 is 0 Å². The van der Waals surface area contributed by atoms with Gasteiger partial charge in [0.1, 0.15) is 5.76 Å². The molecule has 0 radical (unpaired) electrons. The van der Waals surface area contributed by atoms with E-state index in [4.69, 9.17) is 0 Å². The lowest BCUT2D eigenvalue weighted by molar-refractivity contribution is -0.140. The molecule has 2 aromatic rings. The largest absolute Gasteiger partial charge is 0.507 e. The first-order valence-electron chi connectivity index (χ1n) is 11.0. The molecule has 31 heavy (non-hydrogen) atoms. The molecule has 5 nitrogen and oxygen atoms in total. The van der Waals surface area contributed by atoms with E-state index in [0.717, 1.165) is 29.9 Å². The average Bonchev–Trinajstić information content (AvgIpc) is 2.99. The Hall–Kier alpha value is -3.08. The number of aliphatic hydroxyl groups excluding tert-OH is 1. The third kappa shape index (κ3) is 4.50. The van der Waals surface area contributed by atoms with Gasteiger partial charge in [0, 0.05) is 30.9 Å². The molecular weight excluding hydrogens is 388 g/mol. The summed E-state index contributed by atoms with van der Waals surface area (Å²) in [7, 11) is 0. The van der Waals surface area contributed by atoms with Gasteiger partial charge in [-0.3, -0.25) is 9.59 Å². The summed E-state index contributed by atoms with van der Waals surface area (Å²) in [6.45, 7) is 12.4. The highest BCUT2D eigenvalue weighted by atomic mass is 16.3. The van der Waals surface area contributed by atoms with Crippen LogP contribution in [0.4, 0.5) is 5.69 Å². The second-order valence-electron chi connectivity index (χ2n) is 8.48. The highest BCUT2D eigenvalue weighted by Crippen LogP contribution is 2.40. The molecule has 2 aromatic carbocycles. The number of carbonyl (C=O) groups is 2. The smallest absolute Gasteiger partial charge is 0.295 e. The molecule has 1 unspecified atom stereocenters. The topological polar surface area (TPSA) is 60.9 Å². The minimum absolute atomic E-state index is 0.123. The zero-order valence-electron chi connectivity index (χ0n) is 19.1. The Balaban J connectivity index is 2.12. The molecule has 3 rings (SSSR count). The van der Waals surface area contributed by atoms with Crippen molar-refractivity contribution in [1.29, 1.82) is 0 Å². The van der Waals surface area contributed by atoms with Crippen molar-refractivity contribution >= 4 is 23.1 Å². The molecule has 1 saturated heterocycles. The molecule has 0 aromatic heterocycles. The number of benzene rings is 2. The van der Waals surface area contributed by atoms with Gasteiger partial charge < -0.3 is 14.9 Å². The number of carbonyl (C=O) groups excluding carboxylic acids is 2. The van der Waals surface area contributed by atoms with E-state index < -0.39 is 17.7 Å². The Labute approximate surface area is 185 Å². The van der Waals surface area contributed by atoms with Crippen LogP contribution < -0.4 is 4.90 Å². The Bertz CT molecular complexity index is 971. The molecule has 0 saturated carbocycles. The first kappa shape index (κ1) is 22.6. The van der Waals surface area contributed by atoms with Crippen molar-refractivity contribution in [2.45, 2.75) is 40.7 Å². The van der Waals surface area contributed by atoms with Gasteiger partial charge in [-0.15, -0.1) is 0 Å². The molecule has 5 heteroatoms. The van der Waals surface area contributed by atoms with E-state index >= 15 is 0 Å². The number of likely N-dealkylation sites (tertiary alicyclic amines) is 1. The summed E-state index contributed by atoms with van der Waals surface area (Å²) in [6, 6.07) is 14.7. The van der Waals surface area contributed by atoms with Crippen LogP contribution in [0.15, 0.2) is 54.1 Å². The molecule has 1 heterocycles. The fraction of sp³-hybridized carbons (Fsp3) is 0.385. The normalized spacial score (nSPS) is 18.1. The van der Waals surface area contributed by atoms with E-state index in [-0.39, 0.29) is 17.3 Å². The van der Waals surface area contributed by atoms with Gasteiger partial charge in [0.2, 0.25) is 0 Å². The summed E-state index contributed by atoms with van der Waals surface area (Å²) in [5, 5.41) is 11.1. The number of rotatable bonds is 7. The third-order valence-electron chi connectivity index (χ3n) is 5.76. The second-order valence-corrected chi connectivity index (χ2v) is 8.48. The molecule has 164 valence electrons. The maximum Gasteiger partial charge on any atom is 0.295 e. The lowest BCUT2D eigenvalue weighted by Gasteiger charge is -2.28. The van der Waals surface area contributed by atoms with Crippen LogP contribution in [0.3, 0.4) is 0 Å². The number of aliphatic hydroxyl groups is 1. The van der Waals surface area contributed by atoms with Crippen LogP contribution in [-0.2, 0) is 9.59 Å². The number of anilines is 1. The van der Waals surface area contributed by atoms with Gasteiger partial charge in [0.25, 0.3) is 11.7 Å². The van der Waals surface area contributed by atoms with Crippen LogP contribution in [0.2, 0.25) is 0 Å². The minimum Gasteiger partial charge on any atom is -0.507 e. The maximum atomic E-state index is 13.0. The number of amides is 1. The fourth-order valence-corrected chi connectivity index (χ4v) is 4.13. The average molecular weight is 421 g/mol. The van der Waals surface area contributed by atoms with Crippen molar-refractivity contribution in [2.24, 2.45) is 5.92 Å². The van der Waals surface area contributed by atoms with Gasteiger partial charge in [-0.1, -0.05) is 55.8 Å². The predicted molar refractivity (Wildman–Crippen MR) is 125 cm³/mol. The van der Waals surface area contributed by atoms with Crippen molar-refractivity contribution in [2.75, 3.05) is 24.5 Å².